The fourth-order valence-electron chi connectivity index (χ4n) is 1.81. The Morgan fingerprint density at radius 3 is 2.84 bits per heavy atom. The van der Waals surface area contributed by atoms with Gasteiger partial charge in [0.2, 0.25) is 0 Å². The Morgan fingerprint density at radius 2 is 2.26 bits per heavy atom. The predicted octanol–water partition coefficient (Wildman–Crippen LogP) is 1.90. The number of nitro benzene ring substituents is 1. The van der Waals surface area contributed by atoms with Gasteiger partial charge in [-0.1, -0.05) is 18.2 Å². The van der Waals surface area contributed by atoms with Gasteiger partial charge in [-0.05, 0) is 12.5 Å². The van der Waals surface area contributed by atoms with Gasteiger partial charge in [0.15, 0.2) is 0 Å². The van der Waals surface area contributed by atoms with Crippen molar-refractivity contribution in [3.8, 4) is 0 Å². The Kier molecular flexibility index (Phi) is 3.74. The van der Waals surface area contributed by atoms with E-state index in [1.165, 1.54) is 0 Å². The topological polar surface area (TPSA) is 85.9 Å². The second-order valence-corrected chi connectivity index (χ2v) is 4.16. The molecule has 0 fully saturated rings. The molecular weight excluding hydrogens is 246 g/mol. The van der Waals surface area contributed by atoms with E-state index in [0.29, 0.717) is 18.7 Å². The molecule has 0 radical (unpaired) electrons. The van der Waals surface area contributed by atoms with E-state index in [-0.39, 0.29) is 10.6 Å². The summed E-state index contributed by atoms with van der Waals surface area (Å²) in [6, 6.07) is 5.18. The number of hydrogen-bond acceptors (Lipinski definition) is 5. The van der Waals surface area contributed by atoms with Crippen LogP contribution in [0, 0.1) is 10.1 Å². The molecule has 0 spiro atoms. The van der Waals surface area contributed by atoms with Crippen molar-refractivity contribution in [1.29, 1.82) is 0 Å². The normalized spacial score (nSPS) is 10.4. The lowest BCUT2D eigenvalue weighted by molar-refractivity contribution is -0.385. The SMILES string of the molecule is CCc1ccc(NCc2cnnn2C)cc1[N+](=O)[O-]. The number of hydrogen-bond donors (Lipinski definition) is 1. The van der Waals surface area contributed by atoms with Gasteiger partial charge in [-0.3, -0.25) is 14.8 Å². The zero-order valence-corrected chi connectivity index (χ0v) is 10.8. The molecule has 0 aliphatic rings. The molecule has 1 aromatic heterocycles. The first-order valence-corrected chi connectivity index (χ1v) is 5.96. The van der Waals surface area contributed by atoms with Crippen molar-refractivity contribution in [3.63, 3.8) is 0 Å². The average Bonchev–Trinajstić information content (AvgIpc) is 2.81. The summed E-state index contributed by atoms with van der Waals surface area (Å²) in [4.78, 5) is 10.6. The van der Waals surface area contributed by atoms with Crippen LogP contribution in [-0.4, -0.2) is 19.9 Å². The summed E-state index contributed by atoms with van der Waals surface area (Å²) < 4.78 is 1.65. The largest absolute Gasteiger partial charge is 0.379 e. The summed E-state index contributed by atoms with van der Waals surface area (Å²) in [5.41, 5.74) is 2.50. The molecule has 0 aliphatic heterocycles. The van der Waals surface area contributed by atoms with Crippen molar-refractivity contribution in [3.05, 3.63) is 45.8 Å². The van der Waals surface area contributed by atoms with Gasteiger partial charge in [0.25, 0.3) is 5.69 Å². The van der Waals surface area contributed by atoms with Gasteiger partial charge in [-0.2, -0.15) is 0 Å². The molecule has 1 heterocycles. The predicted molar refractivity (Wildman–Crippen MR) is 70.8 cm³/mol. The van der Waals surface area contributed by atoms with Crippen LogP contribution in [0.15, 0.2) is 24.4 Å². The van der Waals surface area contributed by atoms with Crippen LogP contribution < -0.4 is 5.32 Å². The molecule has 0 aliphatic carbocycles. The van der Waals surface area contributed by atoms with Gasteiger partial charge >= 0.3 is 0 Å². The number of aromatic nitrogens is 3. The van der Waals surface area contributed by atoms with Crippen molar-refractivity contribution in [1.82, 2.24) is 15.0 Å². The number of nitrogens with one attached hydrogen (secondary N) is 1. The Hall–Kier alpha value is -2.44. The second kappa shape index (κ2) is 5.47. The third kappa shape index (κ3) is 2.87. The van der Waals surface area contributed by atoms with Crippen LogP contribution in [-0.2, 0) is 20.0 Å². The zero-order valence-electron chi connectivity index (χ0n) is 10.8. The lowest BCUT2D eigenvalue weighted by Crippen LogP contribution is -2.06. The highest BCUT2D eigenvalue weighted by atomic mass is 16.6. The first-order valence-electron chi connectivity index (χ1n) is 5.96. The summed E-state index contributed by atoms with van der Waals surface area (Å²) in [6.07, 6.45) is 2.30. The highest BCUT2D eigenvalue weighted by molar-refractivity contribution is 5.55. The van der Waals surface area contributed by atoms with E-state index in [4.69, 9.17) is 0 Å². The van der Waals surface area contributed by atoms with Gasteiger partial charge in [0.05, 0.1) is 23.4 Å². The highest BCUT2D eigenvalue weighted by Gasteiger charge is 2.13. The van der Waals surface area contributed by atoms with Gasteiger partial charge < -0.3 is 5.32 Å². The minimum Gasteiger partial charge on any atom is -0.379 e. The first-order chi connectivity index (χ1) is 9.11. The average molecular weight is 261 g/mol. The molecular formula is C12H15N5O2. The van der Waals surface area contributed by atoms with E-state index in [0.717, 1.165) is 11.3 Å². The maximum Gasteiger partial charge on any atom is 0.274 e. The molecule has 1 N–H and O–H groups in total. The minimum absolute atomic E-state index is 0.149. The van der Waals surface area contributed by atoms with Gasteiger partial charge in [-0.25, -0.2) is 0 Å². The van der Waals surface area contributed by atoms with Gasteiger partial charge in [-0.15, -0.1) is 5.10 Å². The van der Waals surface area contributed by atoms with Crippen molar-refractivity contribution < 1.29 is 4.92 Å². The Bertz CT molecular complexity index is 594. The molecule has 2 rings (SSSR count). The van der Waals surface area contributed by atoms with Crippen molar-refractivity contribution >= 4 is 11.4 Å². The van der Waals surface area contributed by atoms with Gasteiger partial charge in [0.1, 0.15) is 0 Å². The number of rotatable bonds is 5. The fourth-order valence-corrected chi connectivity index (χ4v) is 1.81. The lowest BCUT2D eigenvalue weighted by Gasteiger charge is -2.07. The molecule has 0 saturated carbocycles. The molecule has 0 unspecified atom stereocenters. The number of nitro groups is 1. The lowest BCUT2D eigenvalue weighted by atomic mass is 10.1. The third-order valence-corrected chi connectivity index (χ3v) is 2.94. The molecule has 1 aromatic carbocycles. The maximum atomic E-state index is 11.0. The smallest absolute Gasteiger partial charge is 0.274 e. The minimum atomic E-state index is -0.352. The fraction of sp³-hybridized carbons (Fsp3) is 0.333. The molecule has 2 aromatic rings. The molecule has 0 amide bonds. The second-order valence-electron chi connectivity index (χ2n) is 4.16. The summed E-state index contributed by atoms with van der Waals surface area (Å²) in [5.74, 6) is 0. The van der Waals surface area contributed by atoms with E-state index in [1.54, 1.807) is 30.1 Å². The monoisotopic (exact) mass is 261 g/mol. The molecule has 7 heteroatoms. The quantitative estimate of drug-likeness (QED) is 0.656. The number of anilines is 1. The van der Waals surface area contributed by atoms with Crippen molar-refractivity contribution in [2.24, 2.45) is 7.05 Å². The van der Waals surface area contributed by atoms with E-state index in [2.05, 4.69) is 15.6 Å². The van der Waals surface area contributed by atoms with Crippen LogP contribution in [0.25, 0.3) is 0 Å². The van der Waals surface area contributed by atoms with E-state index in [1.807, 2.05) is 13.0 Å². The molecule has 0 saturated heterocycles. The molecule has 100 valence electrons. The highest BCUT2D eigenvalue weighted by Crippen LogP contribution is 2.23. The first kappa shape index (κ1) is 13.0. The number of benzene rings is 1. The van der Waals surface area contributed by atoms with E-state index in [9.17, 15) is 10.1 Å². The molecule has 7 nitrogen and oxygen atoms in total. The third-order valence-electron chi connectivity index (χ3n) is 2.94. The van der Waals surface area contributed by atoms with Crippen LogP contribution in [0.5, 0.6) is 0 Å². The molecule has 0 bridgehead atoms. The van der Waals surface area contributed by atoms with Gasteiger partial charge in [0, 0.05) is 24.4 Å². The Morgan fingerprint density at radius 1 is 1.47 bits per heavy atom. The molecule has 0 atom stereocenters. The zero-order chi connectivity index (χ0) is 13.8. The Balaban J connectivity index is 2.15. The van der Waals surface area contributed by atoms with Crippen molar-refractivity contribution in [2.75, 3.05) is 5.32 Å². The summed E-state index contributed by atoms with van der Waals surface area (Å²) in [7, 11) is 1.80. The van der Waals surface area contributed by atoms with Crippen LogP contribution >= 0.6 is 0 Å². The molecule has 19 heavy (non-hydrogen) atoms. The van der Waals surface area contributed by atoms with Crippen LogP contribution in [0.1, 0.15) is 18.2 Å². The summed E-state index contributed by atoms with van der Waals surface area (Å²) in [5, 5.41) is 21.7. The maximum absolute atomic E-state index is 11.0. The summed E-state index contributed by atoms with van der Waals surface area (Å²) >= 11 is 0. The van der Waals surface area contributed by atoms with Crippen LogP contribution in [0.2, 0.25) is 0 Å². The standard InChI is InChI=1S/C12H15N5O2/c1-3-9-4-5-10(6-12(9)17(18)19)13-7-11-8-14-15-16(11)2/h4-6,8,13H,3,7H2,1-2H3. The van der Waals surface area contributed by atoms with Crippen molar-refractivity contribution in [2.45, 2.75) is 19.9 Å². The van der Waals surface area contributed by atoms with Crippen LogP contribution in [0.3, 0.4) is 0 Å². The number of aryl methyl sites for hydroxylation is 2. The van der Waals surface area contributed by atoms with E-state index >= 15 is 0 Å². The Labute approximate surface area is 110 Å². The summed E-state index contributed by atoms with van der Waals surface area (Å²) in [6.45, 7) is 2.42. The van der Waals surface area contributed by atoms with E-state index < -0.39 is 0 Å². The number of nitrogens with zero attached hydrogens (tertiary/aromatic N) is 4. The van der Waals surface area contributed by atoms with Crippen LogP contribution in [0.4, 0.5) is 11.4 Å².